The van der Waals surface area contributed by atoms with Crippen LogP contribution >= 0.6 is 24.0 Å². The van der Waals surface area contributed by atoms with Crippen molar-refractivity contribution in [3.8, 4) is 0 Å². The molecule has 0 aromatic heterocycles. The molecular formula is C15H26IN3O3S. The van der Waals surface area contributed by atoms with Gasteiger partial charge in [-0.25, -0.2) is 8.42 Å². The van der Waals surface area contributed by atoms with Gasteiger partial charge in [-0.3, -0.25) is 4.99 Å². The minimum atomic E-state index is -3.27. The van der Waals surface area contributed by atoms with Crippen molar-refractivity contribution in [3.05, 3.63) is 30.3 Å². The number of rotatable bonds is 9. The summed E-state index contributed by atoms with van der Waals surface area (Å²) in [5.41, 5.74) is 0. The molecule has 8 heteroatoms. The van der Waals surface area contributed by atoms with E-state index in [0.717, 1.165) is 13.0 Å². The lowest BCUT2D eigenvalue weighted by atomic mass is 10.4. The summed E-state index contributed by atoms with van der Waals surface area (Å²) in [4.78, 5) is 4.71. The van der Waals surface area contributed by atoms with Crippen LogP contribution in [0.4, 0.5) is 0 Å². The number of ether oxygens (including phenoxy) is 1. The molecule has 0 heterocycles. The molecule has 132 valence electrons. The number of sulfone groups is 1. The van der Waals surface area contributed by atoms with E-state index in [0.29, 0.717) is 30.6 Å². The fourth-order valence-electron chi connectivity index (χ4n) is 1.79. The maximum Gasteiger partial charge on any atom is 0.191 e. The standard InChI is InChI=1S/C15H25N3O3S.HI/c1-3-16-15(17-10-7-12-21-2)18-11-13-22(19,20)14-8-5-4-6-9-14;/h4-6,8-9H,3,7,10-13H2,1-2H3,(H2,16,17,18);1H. The Kier molecular flexibility index (Phi) is 12.1. The lowest BCUT2D eigenvalue weighted by Crippen LogP contribution is -2.39. The minimum absolute atomic E-state index is 0. The molecule has 2 N–H and O–H groups in total. The van der Waals surface area contributed by atoms with Crippen LogP contribution in [0.1, 0.15) is 13.3 Å². The van der Waals surface area contributed by atoms with Crippen molar-refractivity contribution in [2.75, 3.05) is 39.1 Å². The Bertz CT molecular complexity index is 550. The monoisotopic (exact) mass is 455 g/mol. The Morgan fingerprint density at radius 3 is 2.52 bits per heavy atom. The van der Waals surface area contributed by atoms with Crippen LogP contribution < -0.4 is 10.6 Å². The van der Waals surface area contributed by atoms with Gasteiger partial charge < -0.3 is 15.4 Å². The van der Waals surface area contributed by atoms with Gasteiger partial charge in [0, 0.05) is 33.4 Å². The zero-order valence-electron chi connectivity index (χ0n) is 13.6. The molecule has 6 nitrogen and oxygen atoms in total. The summed E-state index contributed by atoms with van der Waals surface area (Å²) < 4.78 is 29.3. The number of nitrogens with zero attached hydrogens (tertiary/aromatic N) is 1. The van der Waals surface area contributed by atoms with Gasteiger partial charge in [0.15, 0.2) is 15.8 Å². The quantitative estimate of drug-likeness (QED) is 0.256. The van der Waals surface area contributed by atoms with Crippen molar-refractivity contribution in [2.45, 2.75) is 18.2 Å². The van der Waals surface area contributed by atoms with Crippen LogP contribution in [0.15, 0.2) is 40.2 Å². The summed E-state index contributed by atoms with van der Waals surface area (Å²) in [5, 5.41) is 6.13. The number of nitrogens with one attached hydrogen (secondary N) is 2. The van der Waals surface area contributed by atoms with Crippen molar-refractivity contribution in [2.24, 2.45) is 4.99 Å². The molecule has 0 saturated heterocycles. The van der Waals surface area contributed by atoms with Gasteiger partial charge in [0.1, 0.15) is 0 Å². The maximum atomic E-state index is 12.2. The molecule has 0 amide bonds. The molecule has 0 atom stereocenters. The molecule has 1 aromatic carbocycles. The normalized spacial score (nSPS) is 11.7. The zero-order valence-corrected chi connectivity index (χ0v) is 16.8. The van der Waals surface area contributed by atoms with E-state index in [1.165, 1.54) is 0 Å². The lowest BCUT2D eigenvalue weighted by molar-refractivity contribution is 0.197. The summed E-state index contributed by atoms with van der Waals surface area (Å²) in [6.07, 6.45) is 0.829. The van der Waals surface area contributed by atoms with Gasteiger partial charge in [0.25, 0.3) is 0 Å². The first kappa shape index (κ1) is 22.1. The highest BCUT2D eigenvalue weighted by molar-refractivity contribution is 14.0. The number of halogens is 1. The Morgan fingerprint density at radius 1 is 1.22 bits per heavy atom. The molecule has 1 rings (SSSR count). The Morgan fingerprint density at radius 2 is 1.91 bits per heavy atom. The van der Waals surface area contributed by atoms with Crippen LogP contribution in [-0.4, -0.2) is 53.5 Å². The van der Waals surface area contributed by atoms with E-state index in [-0.39, 0.29) is 29.7 Å². The molecule has 0 bridgehead atoms. The molecule has 0 spiro atoms. The van der Waals surface area contributed by atoms with Crippen LogP contribution in [0.2, 0.25) is 0 Å². The molecule has 0 aliphatic carbocycles. The second-order valence-electron chi connectivity index (χ2n) is 4.67. The number of guanidine groups is 1. The average molecular weight is 455 g/mol. The molecule has 0 saturated carbocycles. The zero-order chi connectivity index (χ0) is 16.3. The van der Waals surface area contributed by atoms with Crippen molar-refractivity contribution >= 4 is 39.8 Å². The van der Waals surface area contributed by atoms with Gasteiger partial charge in [-0.05, 0) is 25.5 Å². The summed E-state index contributed by atoms with van der Waals surface area (Å²) >= 11 is 0. The van der Waals surface area contributed by atoms with Gasteiger partial charge in [-0.15, -0.1) is 24.0 Å². The third-order valence-corrected chi connectivity index (χ3v) is 4.62. The van der Waals surface area contributed by atoms with Gasteiger partial charge in [-0.2, -0.15) is 0 Å². The van der Waals surface area contributed by atoms with Crippen molar-refractivity contribution in [3.63, 3.8) is 0 Å². The number of hydrogen-bond donors (Lipinski definition) is 2. The van der Waals surface area contributed by atoms with Gasteiger partial charge in [0.2, 0.25) is 0 Å². The van der Waals surface area contributed by atoms with Crippen LogP contribution in [0.25, 0.3) is 0 Å². The van der Waals surface area contributed by atoms with Crippen molar-refractivity contribution in [1.29, 1.82) is 0 Å². The van der Waals surface area contributed by atoms with Crippen LogP contribution in [-0.2, 0) is 14.6 Å². The Labute approximate surface area is 156 Å². The smallest absolute Gasteiger partial charge is 0.191 e. The first-order valence-electron chi connectivity index (χ1n) is 7.39. The molecule has 0 unspecified atom stereocenters. The van der Waals surface area contributed by atoms with E-state index in [1.54, 1.807) is 37.4 Å². The maximum absolute atomic E-state index is 12.2. The van der Waals surface area contributed by atoms with E-state index < -0.39 is 9.84 Å². The number of methoxy groups -OCH3 is 1. The molecule has 1 aromatic rings. The van der Waals surface area contributed by atoms with Crippen molar-refractivity contribution < 1.29 is 13.2 Å². The third kappa shape index (κ3) is 9.11. The number of hydrogen-bond acceptors (Lipinski definition) is 4. The fourth-order valence-corrected chi connectivity index (χ4v) is 2.97. The summed E-state index contributed by atoms with van der Waals surface area (Å²) in [5.74, 6) is 0.654. The molecule has 0 aliphatic rings. The van der Waals surface area contributed by atoms with Crippen LogP contribution in [0.5, 0.6) is 0 Å². The van der Waals surface area contributed by atoms with E-state index in [1.807, 2.05) is 6.92 Å². The largest absolute Gasteiger partial charge is 0.385 e. The van der Waals surface area contributed by atoms with E-state index in [2.05, 4.69) is 15.6 Å². The summed E-state index contributed by atoms with van der Waals surface area (Å²) in [6, 6.07) is 8.47. The summed E-state index contributed by atoms with van der Waals surface area (Å²) in [6.45, 7) is 4.29. The van der Waals surface area contributed by atoms with Gasteiger partial charge in [-0.1, -0.05) is 18.2 Å². The molecule has 0 radical (unpaired) electrons. The van der Waals surface area contributed by atoms with Gasteiger partial charge >= 0.3 is 0 Å². The molecule has 23 heavy (non-hydrogen) atoms. The highest BCUT2D eigenvalue weighted by Gasteiger charge is 2.13. The molecule has 0 aliphatic heterocycles. The topological polar surface area (TPSA) is 79.8 Å². The van der Waals surface area contributed by atoms with E-state index in [4.69, 9.17) is 4.74 Å². The first-order valence-corrected chi connectivity index (χ1v) is 9.04. The van der Waals surface area contributed by atoms with Crippen LogP contribution in [0, 0.1) is 0 Å². The summed E-state index contributed by atoms with van der Waals surface area (Å²) in [7, 11) is -1.61. The first-order chi connectivity index (χ1) is 10.6. The second kappa shape index (κ2) is 12.5. The predicted molar refractivity (Wildman–Crippen MR) is 104 cm³/mol. The fraction of sp³-hybridized carbons (Fsp3) is 0.533. The average Bonchev–Trinajstić information content (AvgIpc) is 2.52. The predicted octanol–water partition coefficient (Wildman–Crippen LogP) is 1.67. The second-order valence-corrected chi connectivity index (χ2v) is 6.77. The van der Waals surface area contributed by atoms with Crippen LogP contribution in [0.3, 0.4) is 0 Å². The van der Waals surface area contributed by atoms with Crippen molar-refractivity contribution in [1.82, 2.24) is 10.6 Å². The third-order valence-electron chi connectivity index (χ3n) is 2.89. The SMILES string of the molecule is CCNC(=NCCCOC)NCCS(=O)(=O)c1ccccc1.I. The number of aliphatic imine (C=N–C) groups is 1. The van der Waals surface area contributed by atoms with E-state index in [9.17, 15) is 8.42 Å². The Hall–Kier alpha value is -0.870. The highest BCUT2D eigenvalue weighted by Crippen LogP contribution is 2.09. The minimum Gasteiger partial charge on any atom is -0.385 e. The van der Waals surface area contributed by atoms with E-state index >= 15 is 0 Å². The number of benzene rings is 1. The molecular weight excluding hydrogens is 429 g/mol. The molecule has 0 fully saturated rings. The lowest BCUT2D eigenvalue weighted by Gasteiger charge is -2.11. The Balaban J connectivity index is 0.00000484. The van der Waals surface area contributed by atoms with Gasteiger partial charge in [0.05, 0.1) is 10.6 Å². The highest BCUT2D eigenvalue weighted by atomic mass is 127.